The first kappa shape index (κ1) is 12.8. The number of benzene rings is 1. The summed E-state index contributed by atoms with van der Waals surface area (Å²) in [7, 11) is 0. The van der Waals surface area contributed by atoms with E-state index in [1.54, 1.807) is 24.3 Å². The Labute approximate surface area is 114 Å². The summed E-state index contributed by atoms with van der Waals surface area (Å²) in [6.45, 7) is 0. The number of anilines is 1. The molecule has 2 atom stereocenters. The van der Waals surface area contributed by atoms with E-state index in [2.05, 4.69) is 0 Å². The topological polar surface area (TPSA) is 83.9 Å². The lowest BCUT2D eigenvalue weighted by Gasteiger charge is -2.29. The number of amides is 2. The Hall–Kier alpha value is -2.21. The molecule has 0 radical (unpaired) electrons. The fourth-order valence-corrected chi connectivity index (χ4v) is 2.59. The van der Waals surface area contributed by atoms with Crippen molar-refractivity contribution >= 4 is 23.5 Å². The maximum Gasteiger partial charge on any atom is 0.307 e. The van der Waals surface area contributed by atoms with E-state index in [9.17, 15) is 14.4 Å². The van der Waals surface area contributed by atoms with E-state index in [-0.39, 0.29) is 18.2 Å². The Balaban J connectivity index is 1.86. The van der Waals surface area contributed by atoms with Gasteiger partial charge in [0.05, 0.1) is 12.1 Å². The van der Waals surface area contributed by atoms with Gasteiger partial charge in [-0.25, -0.2) is 4.90 Å². The largest absolute Gasteiger partial charge is 0.481 e. The average molecular weight is 275 g/mol. The highest BCUT2D eigenvalue weighted by Crippen LogP contribution is 2.31. The van der Waals surface area contributed by atoms with Crippen LogP contribution >= 0.6 is 0 Å². The maximum atomic E-state index is 12.1. The highest BCUT2D eigenvalue weighted by molar-refractivity contribution is 6.19. The van der Waals surface area contributed by atoms with Crippen molar-refractivity contribution in [2.45, 2.75) is 31.5 Å². The minimum absolute atomic E-state index is 0.0868. The van der Waals surface area contributed by atoms with Crippen LogP contribution in [0, 0.1) is 0 Å². The van der Waals surface area contributed by atoms with Gasteiger partial charge in [0.15, 0.2) is 0 Å². The molecule has 0 aromatic heterocycles. The van der Waals surface area contributed by atoms with Crippen LogP contribution in [0.3, 0.4) is 0 Å². The predicted octanol–water partition coefficient (Wildman–Crippen LogP) is 0.734. The molecule has 2 unspecified atom stereocenters. The first-order chi connectivity index (χ1) is 9.56. The van der Waals surface area contributed by atoms with Gasteiger partial charge in [-0.05, 0) is 30.5 Å². The van der Waals surface area contributed by atoms with Crippen LogP contribution in [0.4, 0.5) is 5.69 Å². The van der Waals surface area contributed by atoms with Crippen molar-refractivity contribution in [2.24, 2.45) is 0 Å². The summed E-state index contributed by atoms with van der Waals surface area (Å²) in [6, 6.07) is 6.42. The summed E-state index contributed by atoms with van der Waals surface area (Å²) in [6.07, 6.45) is -0.00448. The molecule has 2 bridgehead atoms. The summed E-state index contributed by atoms with van der Waals surface area (Å²) in [4.78, 5) is 36.1. The molecule has 0 spiro atoms. The third-order valence-electron chi connectivity index (χ3n) is 3.56. The Morgan fingerprint density at radius 2 is 1.70 bits per heavy atom. The molecule has 0 saturated carbocycles. The normalized spacial score (nSPS) is 25.1. The van der Waals surface area contributed by atoms with E-state index >= 15 is 0 Å². The van der Waals surface area contributed by atoms with Crippen molar-refractivity contribution in [1.82, 2.24) is 0 Å². The molecule has 1 aromatic carbocycles. The molecule has 2 saturated heterocycles. The summed E-state index contributed by atoms with van der Waals surface area (Å²) >= 11 is 0. The van der Waals surface area contributed by atoms with Gasteiger partial charge in [-0.15, -0.1) is 0 Å². The highest BCUT2D eigenvalue weighted by atomic mass is 16.5. The number of hydrogen-bond acceptors (Lipinski definition) is 4. The van der Waals surface area contributed by atoms with Gasteiger partial charge in [0, 0.05) is 0 Å². The number of carbonyl (C=O) groups excluding carboxylic acids is 2. The molecule has 1 aromatic rings. The van der Waals surface area contributed by atoms with Crippen LogP contribution < -0.4 is 4.90 Å². The fraction of sp³-hybridized carbons (Fsp3) is 0.357. The SMILES string of the molecule is O=C(O)Cc1ccc(N2C(=O)C3CCC(O3)C2=O)cc1. The smallest absolute Gasteiger partial charge is 0.307 e. The molecule has 2 aliphatic heterocycles. The lowest BCUT2D eigenvalue weighted by atomic mass is 10.1. The van der Waals surface area contributed by atoms with Crippen molar-refractivity contribution in [2.75, 3.05) is 4.90 Å². The lowest BCUT2D eigenvalue weighted by molar-refractivity contribution is -0.147. The van der Waals surface area contributed by atoms with E-state index < -0.39 is 18.2 Å². The van der Waals surface area contributed by atoms with Crippen LogP contribution in [-0.4, -0.2) is 35.1 Å². The summed E-state index contributed by atoms with van der Waals surface area (Å²) in [5, 5.41) is 8.71. The maximum absolute atomic E-state index is 12.1. The molecule has 20 heavy (non-hydrogen) atoms. The van der Waals surface area contributed by atoms with E-state index in [1.165, 1.54) is 0 Å². The number of carboxylic acid groups (broad SMARTS) is 1. The van der Waals surface area contributed by atoms with E-state index in [4.69, 9.17) is 9.84 Å². The van der Waals surface area contributed by atoms with Gasteiger partial charge in [0.2, 0.25) is 0 Å². The number of nitrogens with zero attached hydrogens (tertiary/aromatic N) is 1. The second kappa shape index (κ2) is 4.72. The van der Waals surface area contributed by atoms with Crippen LogP contribution in [0.15, 0.2) is 24.3 Å². The number of ether oxygens (including phenoxy) is 1. The third kappa shape index (κ3) is 2.08. The van der Waals surface area contributed by atoms with Crippen LogP contribution in [0.1, 0.15) is 18.4 Å². The zero-order chi connectivity index (χ0) is 14.3. The van der Waals surface area contributed by atoms with Crippen molar-refractivity contribution in [3.05, 3.63) is 29.8 Å². The number of carbonyl (C=O) groups is 3. The Morgan fingerprint density at radius 3 is 2.20 bits per heavy atom. The van der Waals surface area contributed by atoms with Crippen molar-refractivity contribution in [3.8, 4) is 0 Å². The Morgan fingerprint density at radius 1 is 1.15 bits per heavy atom. The van der Waals surface area contributed by atoms with Crippen LogP contribution in [-0.2, 0) is 25.5 Å². The van der Waals surface area contributed by atoms with Gasteiger partial charge in [-0.2, -0.15) is 0 Å². The van der Waals surface area contributed by atoms with Crippen molar-refractivity contribution in [1.29, 1.82) is 0 Å². The third-order valence-corrected chi connectivity index (χ3v) is 3.56. The molecule has 104 valence electrons. The number of imide groups is 1. The molecule has 2 aliphatic rings. The second-order valence-corrected chi connectivity index (χ2v) is 4.94. The molecule has 2 fully saturated rings. The van der Waals surface area contributed by atoms with Gasteiger partial charge in [0.1, 0.15) is 12.2 Å². The molecule has 3 rings (SSSR count). The molecule has 6 nitrogen and oxygen atoms in total. The predicted molar refractivity (Wildman–Crippen MR) is 68.2 cm³/mol. The number of carboxylic acids is 1. The van der Waals surface area contributed by atoms with Crippen molar-refractivity contribution in [3.63, 3.8) is 0 Å². The molecule has 2 heterocycles. The molecule has 6 heteroatoms. The van der Waals surface area contributed by atoms with Gasteiger partial charge >= 0.3 is 5.97 Å². The quantitative estimate of drug-likeness (QED) is 0.822. The zero-order valence-electron chi connectivity index (χ0n) is 10.6. The number of fused-ring (bicyclic) bond motifs is 2. The standard InChI is InChI=1S/C14H13NO5/c16-12(17)7-8-1-3-9(4-2-8)15-13(18)10-5-6-11(20-10)14(15)19/h1-4,10-11H,5-7H2,(H,16,17). The van der Waals surface area contributed by atoms with Crippen LogP contribution in [0.25, 0.3) is 0 Å². The van der Waals surface area contributed by atoms with Gasteiger partial charge in [-0.3, -0.25) is 14.4 Å². The molecule has 2 amide bonds. The summed E-state index contributed by atoms with van der Waals surface area (Å²) < 4.78 is 5.33. The minimum Gasteiger partial charge on any atom is -0.481 e. The highest BCUT2D eigenvalue weighted by Gasteiger charge is 2.47. The number of hydrogen-bond donors (Lipinski definition) is 1. The number of morpholine rings is 1. The first-order valence-electron chi connectivity index (χ1n) is 6.40. The van der Waals surface area contributed by atoms with Crippen molar-refractivity contribution < 1.29 is 24.2 Å². The van der Waals surface area contributed by atoms with Gasteiger partial charge < -0.3 is 9.84 Å². The van der Waals surface area contributed by atoms with E-state index in [0.717, 1.165) is 4.90 Å². The molecule has 1 N–H and O–H groups in total. The second-order valence-electron chi connectivity index (χ2n) is 4.94. The lowest BCUT2D eigenvalue weighted by Crippen LogP contribution is -2.52. The zero-order valence-corrected chi connectivity index (χ0v) is 10.6. The Kier molecular flexibility index (Phi) is 3.02. The number of aliphatic carboxylic acids is 1. The van der Waals surface area contributed by atoms with E-state index in [1.807, 2.05) is 0 Å². The average Bonchev–Trinajstić information content (AvgIpc) is 2.85. The fourth-order valence-electron chi connectivity index (χ4n) is 2.59. The van der Waals surface area contributed by atoms with Gasteiger partial charge in [-0.1, -0.05) is 12.1 Å². The first-order valence-corrected chi connectivity index (χ1v) is 6.40. The van der Waals surface area contributed by atoms with E-state index in [0.29, 0.717) is 24.1 Å². The Bertz CT molecular complexity index is 558. The molecular weight excluding hydrogens is 262 g/mol. The minimum atomic E-state index is -0.922. The van der Waals surface area contributed by atoms with Crippen LogP contribution in [0.2, 0.25) is 0 Å². The number of rotatable bonds is 3. The van der Waals surface area contributed by atoms with Crippen LogP contribution in [0.5, 0.6) is 0 Å². The monoisotopic (exact) mass is 275 g/mol. The van der Waals surface area contributed by atoms with Gasteiger partial charge in [0.25, 0.3) is 11.8 Å². The summed E-state index contributed by atoms with van der Waals surface area (Å²) in [5.74, 6) is -1.60. The summed E-state index contributed by atoms with van der Waals surface area (Å²) in [5.41, 5.74) is 1.09. The molecular formula is C14H13NO5. The molecule has 0 aliphatic carbocycles.